The topological polar surface area (TPSA) is 113 Å². The number of halogens is 1. The van der Waals surface area contributed by atoms with Crippen LogP contribution in [0.3, 0.4) is 0 Å². The highest BCUT2D eigenvalue weighted by atomic mass is 19.1. The highest BCUT2D eigenvalue weighted by molar-refractivity contribution is 5.70. The minimum Gasteiger partial charge on any atom is -0.442 e. The molecule has 45 heavy (non-hydrogen) atoms. The highest BCUT2D eigenvalue weighted by Crippen LogP contribution is 2.23. The van der Waals surface area contributed by atoms with E-state index in [1.54, 1.807) is 7.11 Å². The lowest BCUT2D eigenvalue weighted by Gasteiger charge is -2.38. The number of fused-ring (bicyclic) bond motifs is 1. The van der Waals surface area contributed by atoms with Gasteiger partial charge in [0, 0.05) is 45.6 Å². The molecule has 12 nitrogen and oxygen atoms in total. The van der Waals surface area contributed by atoms with Gasteiger partial charge in [0.05, 0.1) is 43.7 Å². The van der Waals surface area contributed by atoms with Gasteiger partial charge in [0.1, 0.15) is 12.4 Å². The normalized spacial score (nSPS) is 14.9. The SMILES string of the molecule is COCCOCCOCC(=O)OCn1c(N(C)C2CCN(c3nc4c(n3Cc3ccc(F)cc3)=CCCC=4)CC2)nccc1=O. The van der Waals surface area contributed by atoms with Crippen molar-refractivity contribution in [3.05, 3.63) is 69.0 Å². The first kappa shape index (κ1) is 32.3. The fourth-order valence-electron chi connectivity index (χ4n) is 5.59. The van der Waals surface area contributed by atoms with Crippen LogP contribution in [0.25, 0.3) is 12.2 Å². The van der Waals surface area contributed by atoms with Gasteiger partial charge in [-0.1, -0.05) is 24.3 Å². The molecule has 0 N–H and O–H groups in total. The number of nitrogens with zero attached hydrogens (tertiary/aromatic N) is 6. The van der Waals surface area contributed by atoms with E-state index in [1.807, 2.05) is 24.1 Å². The lowest BCUT2D eigenvalue weighted by Crippen LogP contribution is -2.46. The number of esters is 1. The molecule has 242 valence electrons. The Labute approximate surface area is 261 Å². The predicted molar refractivity (Wildman–Crippen MR) is 167 cm³/mol. The van der Waals surface area contributed by atoms with Crippen molar-refractivity contribution < 1.29 is 28.1 Å². The molecule has 0 atom stereocenters. The average molecular weight is 625 g/mol. The van der Waals surface area contributed by atoms with Gasteiger partial charge in [-0.2, -0.15) is 0 Å². The summed E-state index contributed by atoms with van der Waals surface area (Å²) in [5.41, 5.74) is 0.698. The summed E-state index contributed by atoms with van der Waals surface area (Å²) in [6, 6.07) is 8.06. The molecule has 0 spiro atoms. The van der Waals surface area contributed by atoms with Gasteiger partial charge in [0.15, 0.2) is 6.73 Å². The number of ether oxygens (including phenoxy) is 4. The van der Waals surface area contributed by atoms with Gasteiger partial charge < -0.3 is 33.3 Å². The third-order valence-electron chi connectivity index (χ3n) is 8.01. The number of carbonyl (C=O) groups is 1. The number of anilines is 2. The van der Waals surface area contributed by atoms with Crippen molar-refractivity contribution in [2.24, 2.45) is 0 Å². The van der Waals surface area contributed by atoms with E-state index in [-0.39, 0.29) is 37.4 Å². The summed E-state index contributed by atoms with van der Waals surface area (Å²) in [6.45, 7) is 3.12. The Morgan fingerprint density at radius 3 is 2.51 bits per heavy atom. The Bertz CT molecular complexity index is 1600. The Hall–Kier alpha value is -4.07. The number of carbonyl (C=O) groups excluding carboxylic acids is 1. The van der Waals surface area contributed by atoms with Crippen LogP contribution in [0.1, 0.15) is 31.2 Å². The van der Waals surface area contributed by atoms with Crippen LogP contribution in [-0.4, -0.2) is 91.4 Å². The van der Waals surface area contributed by atoms with E-state index in [4.69, 9.17) is 23.9 Å². The quantitative estimate of drug-likeness (QED) is 0.181. The molecule has 0 radical (unpaired) electrons. The van der Waals surface area contributed by atoms with Crippen molar-refractivity contribution in [3.63, 3.8) is 0 Å². The Morgan fingerprint density at radius 2 is 1.73 bits per heavy atom. The number of aromatic nitrogens is 4. The highest BCUT2D eigenvalue weighted by Gasteiger charge is 2.28. The van der Waals surface area contributed by atoms with Crippen LogP contribution < -0.4 is 26.1 Å². The minimum atomic E-state index is -0.585. The smallest absolute Gasteiger partial charge is 0.333 e. The fourth-order valence-corrected chi connectivity index (χ4v) is 5.59. The number of benzene rings is 1. The average Bonchev–Trinajstić information content (AvgIpc) is 3.42. The van der Waals surface area contributed by atoms with E-state index in [0.717, 1.165) is 61.0 Å². The van der Waals surface area contributed by atoms with E-state index >= 15 is 0 Å². The van der Waals surface area contributed by atoms with Gasteiger partial charge in [0.25, 0.3) is 5.56 Å². The summed E-state index contributed by atoms with van der Waals surface area (Å²) in [6.07, 6.45) is 9.43. The first-order chi connectivity index (χ1) is 21.9. The third-order valence-corrected chi connectivity index (χ3v) is 8.01. The molecule has 5 rings (SSSR count). The molecule has 1 fully saturated rings. The maximum Gasteiger partial charge on any atom is 0.333 e. The van der Waals surface area contributed by atoms with Gasteiger partial charge >= 0.3 is 5.97 Å². The Kier molecular flexibility index (Phi) is 11.3. The van der Waals surface area contributed by atoms with Crippen LogP contribution in [0.5, 0.6) is 0 Å². The van der Waals surface area contributed by atoms with Gasteiger partial charge in [-0.3, -0.25) is 4.79 Å². The van der Waals surface area contributed by atoms with Crippen LogP contribution in [-0.2, 0) is 37.0 Å². The fraction of sp³-hybridized carbons (Fsp3) is 0.500. The Morgan fingerprint density at radius 1 is 1.00 bits per heavy atom. The van der Waals surface area contributed by atoms with Crippen LogP contribution in [0, 0.1) is 5.82 Å². The maximum absolute atomic E-state index is 13.6. The van der Waals surface area contributed by atoms with Gasteiger partial charge in [-0.05, 0) is 43.4 Å². The number of hydrogen-bond donors (Lipinski definition) is 0. The molecule has 0 unspecified atom stereocenters. The second kappa shape index (κ2) is 15.8. The molecule has 0 bridgehead atoms. The van der Waals surface area contributed by atoms with Crippen LogP contribution in [0.15, 0.2) is 41.3 Å². The number of imidazole rings is 1. The summed E-state index contributed by atoms with van der Waals surface area (Å²) in [5, 5.41) is 2.10. The number of hydrogen-bond acceptors (Lipinski definition) is 10. The number of piperidine rings is 1. The van der Waals surface area contributed by atoms with Crippen molar-refractivity contribution >= 4 is 30.0 Å². The van der Waals surface area contributed by atoms with E-state index in [0.29, 0.717) is 32.3 Å². The molecule has 0 saturated carbocycles. The molecular formula is C32H41FN6O6. The molecule has 13 heteroatoms. The molecule has 2 aromatic heterocycles. The second-order valence-corrected chi connectivity index (χ2v) is 11.0. The van der Waals surface area contributed by atoms with E-state index < -0.39 is 5.97 Å². The molecule has 3 heterocycles. The standard InChI is InChI=1S/C32H41FN6O6/c1-36(31-34-14-11-29(40)39(31)23-45-30(41)22-44-20-19-43-18-17-42-2)26-12-15-37(16-13-26)32-35-27-5-3-4-6-28(27)38(32)21-24-7-9-25(33)10-8-24/h5-11,14,26H,3-4,12-13,15-23H2,1-2H3. The van der Waals surface area contributed by atoms with Gasteiger partial charge in [0.2, 0.25) is 11.9 Å². The minimum absolute atomic E-state index is 0.104. The summed E-state index contributed by atoms with van der Waals surface area (Å²) in [4.78, 5) is 38.8. The van der Waals surface area contributed by atoms with Crippen LogP contribution in [0.4, 0.5) is 16.3 Å². The number of rotatable bonds is 15. The van der Waals surface area contributed by atoms with Gasteiger partial charge in [-0.15, -0.1) is 0 Å². The third kappa shape index (κ3) is 8.35. The van der Waals surface area contributed by atoms with Crippen LogP contribution in [0.2, 0.25) is 0 Å². The van der Waals surface area contributed by atoms with Crippen molar-refractivity contribution in [3.8, 4) is 0 Å². The zero-order valence-corrected chi connectivity index (χ0v) is 25.9. The largest absolute Gasteiger partial charge is 0.442 e. The number of methoxy groups -OCH3 is 1. The molecule has 1 saturated heterocycles. The molecule has 1 aliphatic carbocycles. The maximum atomic E-state index is 13.6. The monoisotopic (exact) mass is 624 g/mol. The van der Waals surface area contributed by atoms with Crippen molar-refractivity contribution in [1.82, 2.24) is 19.1 Å². The summed E-state index contributed by atoms with van der Waals surface area (Å²) in [5.74, 6) is 0.501. The first-order valence-electron chi connectivity index (χ1n) is 15.3. The molecular weight excluding hydrogens is 583 g/mol. The van der Waals surface area contributed by atoms with Gasteiger partial charge in [-0.25, -0.2) is 23.7 Å². The summed E-state index contributed by atoms with van der Waals surface area (Å²) in [7, 11) is 3.50. The van der Waals surface area contributed by atoms with E-state index in [1.165, 1.54) is 29.0 Å². The van der Waals surface area contributed by atoms with Crippen molar-refractivity contribution in [1.29, 1.82) is 0 Å². The molecule has 1 aromatic carbocycles. The zero-order chi connectivity index (χ0) is 31.6. The van der Waals surface area contributed by atoms with E-state index in [2.05, 4.69) is 26.6 Å². The molecule has 1 aliphatic heterocycles. The lowest BCUT2D eigenvalue weighted by atomic mass is 10.0. The molecule has 3 aromatic rings. The predicted octanol–water partition coefficient (Wildman–Crippen LogP) is 1.27. The zero-order valence-electron chi connectivity index (χ0n) is 25.9. The summed E-state index contributed by atoms with van der Waals surface area (Å²) >= 11 is 0. The van der Waals surface area contributed by atoms with Crippen molar-refractivity contribution in [2.75, 3.05) is 70.1 Å². The molecule has 2 aliphatic rings. The second-order valence-electron chi connectivity index (χ2n) is 11.0. The molecule has 0 amide bonds. The van der Waals surface area contributed by atoms with Crippen molar-refractivity contribution in [2.45, 2.75) is 45.0 Å². The summed E-state index contributed by atoms with van der Waals surface area (Å²) < 4.78 is 38.0. The van der Waals surface area contributed by atoms with E-state index in [9.17, 15) is 14.0 Å². The lowest BCUT2D eigenvalue weighted by molar-refractivity contribution is -0.153. The Balaban J connectivity index is 1.20. The van der Waals surface area contributed by atoms with Crippen LogP contribution >= 0.6 is 0 Å². The first-order valence-corrected chi connectivity index (χ1v) is 15.3.